The first-order valence-electron chi connectivity index (χ1n) is 3.59. The van der Waals surface area contributed by atoms with Gasteiger partial charge in [0.2, 0.25) is 0 Å². The summed E-state index contributed by atoms with van der Waals surface area (Å²) in [6.45, 7) is 6.34. The summed E-state index contributed by atoms with van der Waals surface area (Å²) in [5, 5.41) is 11.6. The third-order valence-corrected chi connectivity index (χ3v) is 1.24. The molecule has 0 saturated carbocycles. The van der Waals surface area contributed by atoms with Crippen molar-refractivity contribution in [2.24, 2.45) is 0 Å². The highest BCUT2D eigenvalue weighted by Crippen LogP contribution is 1.93. The van der Waals surface area contributed by atoms with E-state index in [1.165, 1.54) is 0 Å². The van der Waals surface area contributed by atoms with Gasteiger partial charge < -0.3 is 0 Å². The number of hydrogen-bond acceptors (Lipinski definition) is 2. The Kier molecular flexibility index (Phi) is 5.80. The minimum absolute atomic E-state index is 0.00278. The van der Waals surface area contributed by atoms with Crippen LogP contribution in [0, 0.1) is 11.3 Å². The van der Waals surface area contributed by atoms with Gasteiger partial charge in [-0.05, 0) is 6.42 Å². The summed E-state index contributed by atoms with van der Waals surface area (Å²) in [5.74, 6) is 0. The highest BCUT2D eigenvalue weighted by molar-refractivity contribution is 4.90. The Morgan fingerprint density at radius 2 is 2.50 bits per heavy atom. The molecule has 0 radical (unpaired) electrons. The number of hydrogen-bond donors (Lipinski definition) is 1. The second-order valence-electron chi connectivity index (χ2n) is 2.17. The third-order valence-electron chi connectivity index (χ3n) is 1.24. The van der Waals surface area contributed by atoms with E-state index < -0.39 is 0 Å². The summed E-state index contributed by atoms with van der Waals surface area (Å²) in [4.78, 5) is 0. The average molecular weight is 138 g/mol. The van der Waals surface area contributed by atoms with E-state index in [1.807, 2.05) is 0 Å². The van der Waals surface area contributed by atoms with Crippen LogP contribution in [0.3, 0.4) is 0 Å². The molecule has 0 spiro atoms. The highest BCUT2D eigenvalue weighted by Gasteiger charge is 2.01. The SMILES string of the molecule is C=CCNC(C#N)CCC. The van der Waals surface area contributed by atoms with Gasteiger partial charge in [-0.25, -0.2) is 0 Å². The maximum absolute atomic E-state index is 8.54. The van der Waals surface area contributed by atoms with Gasteiger partial charge in [0.1, 0.15) is 0 Å². The molecule has 10 heavy (non-hydrogen) atoms. The molecule has 0 rings (SSSR count). The monoisotopic (exact) mass is 138 g/mol. The van der Waals surface area contributed by atoms with Gasteiger partial charge in [-0.15, -0.1) is 6.58 Å². The summed E-state index contributed by atoms with van der Waals surface area (Å²) in [6, 6.07) is 2.18. The molecule has 0 aromatic heterocycles. The second-order valence-corrected chi connectivity index (χ2v) is 2.17. The van der Waals surface area contributed by atoms with E-state index in [2.05, 4.69) is 24.9 Å². The van der Waals surface area contributed by atoms with Crippen LogP contribution in [0.2, 0.25) is 0 Å². The fourth-order valence-electron chi connectivity index (χ4n) is 0.727. The Hall–Kier alpha value is -0.810. The predicted octanol–water partition coefficient (Wildman–Crippen LogP) is 1.45. The van der Waals surface area contributed by atoms with Gasteiger partial charge >= 0.3 is 0 Å². The van der Waals surface area contributed by atoms with Crippen LogP contribution in [-0.4, -0.2) is 12.6 Å². The minimum Gasteiger partial charge on any atom is -0.298 e. The summed E-state index contributed by atoms with van der Waals surface area (Å²) in [5.41, 5.74) is 0. The van der Waals surface area contributed by atoms with Gasteiger partial charge in [0.05, 0.1) is 12.1 Å². The quantitative estimate of drug-likeness (QED) is 0.584. The average Bonchev–Trinajstić information content (AvgIpc) is 1.98. The summed E-state index contributed by atoms with van der Waals surface area (Å²) >= 11 is 0. The van der Waals surface area contributed by atoms with E-state index in [4.69, 9.17) is 5.26 Å². The molecule has 1 atom stereocenters. The van der Waals surface area contributed by atoms with Crippen LogP contribution in [0.5, 0.6) is 0 Å². The van der Waals surface area contributed by atoms with Crippen molar-refractivity contribution in [3.63, 3.8) is 0 Å². The van der Waals surface area contributed by atoms with E-state index in [1.54, 1.807) is 6.08 Å². The lowest BCUT2D eigenvalue weighted by Crippen LogP contribution is -2.27. The van der Waals surface area contributed by atoms with Gasteiger partial charge in [-0.2, -0.15) is 5.26 Å². The topological polar surface area (TPSA) is 35.8 Å². The molecule has 0 amide bonds. The summed E-state index contributed by atoms with van der Waals surface area (Å²) in [7, 11) is 0. The molecule has 1 N–H and O–H groups in total. The van der Waals surface area contributed by atoms with Crippen LogP contribution >= 0.6 is 0 Å². The van der Waals surface area contributed by atoms with Gasteiger partial charge in [0.15, 0.2) is 0 Å². The molecule has 2 heteroatoms. The lowest BCUT2D eigenvalue weighted by atomic mass is 10.2. The molecule has 0 heterocycles. The van der Waals surface area contributed by atoms with Gasteiger partial charge in [-0.1, -0.05) is 19.4 Å². The van der Waals surface area contributed by atoms with Crippen molar-refractivity contribution in [1.82, 2.24) is 5.32 Å². The molecule has 2 nitrogen and oxygen atoms in total. The largest absolute Gasteiger partial charge is 0.298 e. The lowest BCUT2D eigenvalue weighted by molar-refractivity contribution is 0.590. The molecule has 0 aliphatic rings. The predicted molar refractivity (Wildman–Crippen MR) is 42.5 cm³/mol. The van der Waals surface area contributed by atoms with Crippen LogP contribution in [-0.2, 0) is 0 Å². The molecule has 0 fully saturated rings. The molecule has 1 unspecified atom stereocenters. The Balaban J connectivity index is 3.41. The van der Waals surface area contributed by atoms with Crippen molar-refractivity contribution in [2.45, 2.75) is 25.8 Å². The lowest BCUT2D eigenvalue weighted by Gasteiger charge is -2.06. The molecule has 0 aromatic carbocycles. The number of nitriles is 1. The minimum atomic E-state index is 0.00278. The van der Waals surface area contributed by atoms with Crippen LogP contribution in [0.15, 0.2) is 12.7 Å². The van der Waals surface area contributed by atoms with Crippen molar-refractivity contribution in [2.75, 3.05) is 6.54 Å². The van der Waals surface area contributed by atoms with E-state index in [9.17, 15) is 0 Å². The molecule has 0 aromatic rings. The van der Waals surface area contributed by atoms with Crippen LogP contribution in [0.1, 0.15) is 19.8 Å². The fraction of sp³-hybridized carbons (Fsp3) is 0.625. The first-order chi connectivity index (χ1) is 4.85. The Labute approximate surface area is 62.5 Å². The number of nitrogens with zero attached hydrogens (tertiary/aromatic N) is 1. The van der Waals surface area contributed by atoms with Crippen LogP contribution < -0.4 is 5.32 Å². The van der Waals surface area contributed by atoms with Crippen LogP contribution in [0.25, 0.3) is 0 Å². The summed E-state index contributed by atoms with van der Waals surface area (Å²) in [6.07, 6.45) is 3.73. The molecular formula is C8H14N2. The Morgan fingerprint density at radius 3 is 2.90 bits per heavy atom. The van der Waals surface area contributed by atoms with Gasteiger partial charge in [0.25, 0.3) is 0 Å². The second kappa shape index (κ2) is 6.31. The number of nitrogens with one attached hydrogen (secondary N) is 1. The van der Waals surface area contributed by atoms with Crippen molar-refractivity contribution >= 4 is 0 Å². The maximum atomic E-state index is 8.54. The van der Waals surface area contributed by atoms with Crippen molar-refractivity contribution in [3.8, 4) is 6.07 Å². The van der Waals surface area contributed by atoms with Gasteiger partial charge in [-0.3, -0.25) is 5.32 Å². The first kappa shape index (κ1) is 9.19. The maximum Gasteiger partial charge on any atom is 0.0955 e. The Morgan fingerprint density at radius 1 is 1.80 bits per heavy atom. The third kappa shape index (κ3) is 4.11. The molecule has 0 aliphatic heterocycles. The van der Waals surface area contributed by atoms with E-state index in [0.717, 1.165) is 19.4 Å². The molecule has 0 bridgehead atoms. The van der Waals surface area contributed by atoms with E-state index >= 15 is 0 Å². The van der Waals surface area contributed by atoms with Crippen LogP contribution in [0.4, 0.5) is 0 Å². The highest BCUT2D eigenvalue weighted by atomic mass is 14.9. The standard InChI is InChI=1S/C8H14N2/c1-3-5-8(7-9)10-6-4-2/h4,8,10H,2-3,5-6H2,1H3. The van der Waals surface area contributed by atoms with Crippen molar-refractivity contribution in [1.29, 1.82) is 5.26 Å². The Bertz CT molecular complexity index is 124. The van der Waals surface area contributed by atoms with Crippen molar-refractivity contribution in [3.05, 3.63) is 12.7 Å². The molecule has 0 saturated heterocycles. The van der Waals surface area contributed by atoms with E-state index in [0.29, 0.717) is 0 Å². The summed E-state index contributed by atoms with van der Waals surface area (Å²) < 4.78 is 0. The number of rotatable bonds is 5. The smallest absolute Gasteiger partial charge is 0.0955 e. The fourth-order valence-corrected chi connectivity index (χ4v) is 0.727. The molecule has 0 aliphatic carbocycles. The van der Waals surface area contributed by atoms with Crippen molar-refractivity contribution < 1.29 is 0 Å². The molecular weight excluding hydrogens is 124 g/mol. The zero-order chi connectivity index (χ0) is 7.82. The molecule has 56 valence electrons. The first-order valence-corrected chi connectivity index (χ1v) is 3.59. The zero-order valence-corrected chi connectivity index (χ0v) is 6.43. The normalized spacial score (nSPS) is 12.0. The zero-order valence-electron chi connectivity index (χ0n) is 6.43. The van der Waals surface area contributed by atoms with Gasteiger partial charge in [0, 0.05) is 6.54 Å². The van der Waals surface area contributed by atoms with E-state index in [-0.39, 0.29) is 6.04 Å².